The highest BCUT2D eigenvalue weighted by Gasteiger charge is 2.12. The Kier molecular flexibility index (Phi) is 5.12. The molecule has 0 atom stereocenters. The van der Waals surface area contributed by atoms with Crippen LogP contribution < -0.4 is 10.2 Å². The van der Waals surface area contributed by atoms with Gasteiger partial charge in [-0.1, -0.05) is 0 Å². The number of pyridine rings is 1. The van der Waals surface area contributed by atoms with Crippen LogP contribution in [0.5, 0.6) is 0 Å². The van der Waals surface area contributed by atoms with Gasteiger partial charge in [-0.05, 0) is 32.9 Å². The molecule has 0 aliphatic heterocycles. The number of carbonyl (C=O) groups excluding carboxylic acids is 1. The highest BCUT2D eigenvalue weighted by Crippen LogP contribution is 2.11. The topological polar surface area (TPSA) is 69.0 Å². The molecule has 0 saturated carbocycles. The van der Waals surface area contributed by atoms with Gasteiger partial charge in [0.25, 0.3) is 0 Å². The summed E-state index contributed by atoms with van der Waals surface area (Å²) in [5.74, 6) is 0.603. The van der Waals surface area contributed by atoms with Crippen LogP contribution in [-0.4, -0.2) is 30.0 Å². The van der Waals surface area contributed by atoms with Gasteiger partial charge in [0.15, 0.2) is 0 Å². The molecule has 0 unspecified atom stereocenters. The van der Waals surface area contributed by atoms with Crippen molar-refractivity contribution in [2.24, 2.45) is 0 Å². The Bertz CT molecular complexity index is 451. The first kappa shape index (κ1) is 14.0. The number of anilines is 1. The van der Waals surface area contributed by atoms with Crippen molar-refractivity contribution in [3.8, 4) is 6.07 Å². The molecule has 0 saturated heterocycles. The largest absolute Gasteiger partial charge is 0.352 e. The van der Waals surface area contributed by atoms with Crippen LogP contribution in [0.1, 0.15) is 26.3 Å². The first-order valence-corrected chi connectivity index (χ1v) is 5.97. The molecular weight excluding hydrogens is 228 g/mol. The SMILES string of the molecule is CCN(CC(=O)NC(C)C)c1cc(C#N)ccn1. The minimum atomic E-state index is -0.0454. The fourth-order valence-electron chi connectivity index (χ4n) is 1.56. The highest BCUT2D eigenvalue weighted by molar-refractivity contribution is 5.81. The third-order valence-corrected chi connectivity index (χ3v) is 2.36. The number of rotatable bonds is 5. The Labute approximate surface area is 107 Å². The molecule has 1 N–H and O–H groups in total. The summed E-state index contributed by atoms with van der Waals surface area (Å²) in [4.78, 5) is 17.7. The van der Waals surface area contributed by atoms with E-state index in [-0.39, 0.29) is 18.5 Å². The Balaban J connectivity index is 2.77. The van der Waals surface area contributed by atoms with Crippen molar-refractivity contribution in [1.82, 2.24) is 10.3 Å². The number of carbonyl (C=O) groups is 1. The molecule has 0 fully saturated rings. The molecule has 1 aromatic rings. The Morgan fingerprint density at radius 1 is 1.61 bits per heavy atom. The quantitative estimate of drug-likeness (QED) is 0.850. The third-order valence-electron chi connectivity index (χ3n) is 2.36. The fraction of sp³-hybridized carbons (Fsp3) is 0.462. The molecule has 0 aromatic carbocycles. The number of amides is 1. The van der Waals surface area contributed by atoms with Crippen LogP contribution >= 0.6 is 0 Å². The van der Waals surface area contributed by atoms with E-state index in [2.05, 4.69) is 16.4 Å². The van der Waals surface area contributed by atoms with Crippen LogP contribution in [0, 0.1) is 11.3 Å². The molecule has 0 spiro atoms. The van der Waals surface area contributed by atoms with E-state index in [1.807, 2.05) is 25.7 Å². The maximum Gasteiger partial charge on any atom is 0.239 e. The summed E-state index contributed by atoms with van der Waals surface area (Å²) in [6, 6.07) is 5.52. The van der Waals surface area contributed by atoms with Crippen molar-refractivity contribution >= 4 is 11.7 Å². The van der Waals surface area contributed by atoms with Crippen LogP contribution in [0.4, 0.5) is 5.82 Å². The van der Waals surface area contributed by atoms with Gasteiger partial charge in [-0.3, -0.25) is 4.79 Å². The summed E-state index contributed by atoms with van der Waals surface area (Å²) in [5, 5.41) is 11.7. The van der Waals surface area contributed by atoms with Gasteiger partial charge in [-0.25, -0.2) is 4.98 Å². The van der Waals surface area contributed by atoms with Crippen LogP contribution in [0.3, 0.4) is 0 Å². The zero-order valence-electron chi connectivity index (χ0n) is 11.0. The van der Waals surface area contributed by atoms with E-state index >= 15 is 0 Å². The highest BCUT2D eigenvalue weighted by atomic mass is 16.2. The zero-order valence-corrected chi connectivity index (χ0v) is 11.0. The van der Waals surface area contributed by atoms with Gasteiger partial charge >= 0.3 is 0 Å². The lowest BCUT2D eigenvalue weighted by Crippen LogP contribution is -2.40. The number of nitriles is 1. The summed E-state index contributed by atoms with van der Waals surface area (Å²) in [6.45, 7) is 6.69. The van der Waals surface area contributed by atoms with E-state index in [1.165, 1.54) is 0 Å². The molecule has 5 heteroatoms. The number of hydrogen-bond donors (Lipinski definition) is 1. The summed E-state index contributed by atoms with van der Waals surface area (Å²) in [6.07, 6.45) is 1.58. The summed E-state index contributed by atoms with van der Waals surface area (Å²) in [5.41, 5.74) is 0.544. The zero-order chi connectivity index (χ0) is 13.5. The van der Waals surface area contributed by atoms with E-state index in [0.717, 1.165) is 0 Å². The first-order chi connectivity index (χ1) is 8.56. The van der Waals surface area contributed by atoms with E-state index in [9.17, 15) is 4.79 Å². The van der Waals surface area contributed by atoms with Gasteiger partial charge in [0.1, 0.15) is 5.82 Å². The standard InChI is InChI=1S/C13H18N4O/c1-4-17(9-13(18)16-10(2)3)12-7-11(8-14)5-6-15-12/h5-7,10H,4,9H2,1-3H3,(H,16,18). The van der Waals surface area contributed by atoms with Crippen molar-refractivity contribution in [3.05, 3.63) is 23.9 Å². The van der Waals surface area contributed by atoms with Gasteiger partial charge in [0.2, 0.25) is 5.91 Å². The first-order valence-electron chi connectivity index (χ1n) is 5.97. The summed E-state index contributed by atoms with van der Waals surface area (Å²) < 4.78 is 0. The third kappa shape index (κ3) is 4.06. The van der Waals surface area contributed by atoms with Gasteiger partial charge in [-0.15, -0.1) is 0 Å². The Morgan fingerprint density at radius 3 is 2.89 bits per heavy atom. The monoisotopic (exact) mass is 246 g/mol. The number of hydrogen-bond acceptors (Lipinski definition) is 4. The lowest BCUT2D eigenvalue weighted by Gasteiger charge is -2.22. The molecule has 96 valence electrons. The average molecular weight is 246 g/mol. The smallest absolute Gasteiger partial charge is 0.239 e. The summed E-state index contributed by atoms with van der Waals surface area (Å²) in [7, 11) is 0. The summed E-state index contributed by atoms with van der Waals surface area (Å²) >= 11 is 0. The van der Waals surface area contributed by atoms with E-state index in [0.29, 0.717) is 17.9 Å². The average Bonchev–Trinajstić information content (AvgIpc) is 2.35. The minimum absolute atomic E-state index is 0.0454. The fourth-order valence-corrected chi connectivity index (χ4v) is 1.56. The van der Waals surface area contributed by atoms with Crippen molar-refractivity contribution < 1.29 is 4.79 Å². The van der Waals surface area contributed by atoms with Crippen molar-refractivity contribution in [1.29, 1.82) is 5.26 Å². The Hall–Kier alpha value is -2.09. The predicted molar refractivity (Wildman–Crippen MR) is 70.1 cm³/mol. The van der Waals surface area contributed by atoms with Gasteiger partial charge in [0, 0.05) is 18.8 Å². The molecule has 0 radical (unpaired) electrons. The second-order valence-electron chi connectivity index (χ2n) is 4.25. The van der Waals surface area contributed by atoms with Crippen molar-refractivity contribution in [2.45, 2.75) is 26.8 Å². The molecule has 0 bridgehead atoms. The molecular formula is C13H18N4O. The molecule has 5 nitrogen and oxygen atoms in total. The number of likely N-dealkylation sites (N-methyl/N-ethyl adjacent to an activating group) is 1. The molecule has 0 aliphatic carbocycles. The van der Waals surface area contributed by atoms with Gasteiger partial charge in [-0.2, -0.15) is 5.26 Å². The van der Waals surface area contributed by atoms with Gasteiger partial charge in [0.05, 0.1) is 18.2 Å². The lowest BCUT2D eigenvalue weighted by molar-refractivity contribution is -0.120. The maximum absolute atomic E-state index is 11.7. The number of nitrogens with zero attached hydrogens (tertiary/aromatic N) is 3. The van der Waals surface area contributed by atoms with Crippen LogP contribution in [-0.2, 0) is 4.79 Å². The molecule has 1 rings (SSSR count). The second-order valence-corrected chi connectivity index (χ2v) is 4.25. The Morgan fingerprint density at radius 2 is 2.33 bits per heavy atom. The number of aromatic nitrogens is 1. The maximum atomic E-state index is 11.7. The molecule has 18 heavy (non-hydrogen) atoms. The van der Waals surface area contributed by atoms with E-state index < -0.39 is 0 Å². The van der Waals surface area contributed by atoms with Crippen LogP contribution in [0.25, 0.3) is 0 Å². The molecule has 1 amide bonds. The lowest BCUT2D eigenvalue weighted by atomic mass is 10.2. The van der Waals surface area contributed by atoms with Crippen molar-refractivity contribution in [2.75, 3.05) is 18.0 Å². The van der Waals surface area contributed by atoms with E-state index in [1.54, 1.807) is 18.3 Å². The normalized spacial score (nSPS) is 9.94. The van der Waals surface area contributed by atoms with Gasteiger partial charge < -0.3 is 10.2 Å². The second kappa shape index (κ2) is 6.60. The molecule has 1 heterocycles. The molecule has 1 aromatic heterocycles. The van der Waals surface area contributed by atoms with E-state index in [4.69, 9.17) is 5.26 Å². The minimum Gasteiger partial charge on any atom is -0.352 e. The predicted octanol–water partition coefficient (Wildman–Crippen LogP) is 1.30. The van der Waals surface area contributed by atoms with Crippen molar-refractivity contribution in [3.63, 3.8) is 0 Å². The van der Waals surface area contributed by atoms with Crippen LogP contribution in [0.15, 0.2) is 18.3 Å². The van der Waals surface area contributed by atoms with Crippen LogP contribution in [0.2, 0.25) is 0 Å². The molecule has 0 aliphatic rings. The number of nitrogens with one attached hydrogen (secondary N) is 1.